The monoisotopic (exact) mass is 245 g/mol. The third-order valence-electron chi connectivity index (χ3n) is 2.32. The molecule has 0 aliphatic rings. The fourth-order valence-corrected chi connectivity index (χ4v) is 1.43. The Bertz CT molecular complexity index is 174. The highest BCUT2D eigenvalue weighted by atomic mass is 16.5. The minimum atomic E-state index is -0.0859. The highest BCUT2D eigenvalue weighted by Crippen LogP contribution is 2.01. The molecule has 17 heavy (non-hydrogen) atoms. The van der Waals surface area contributed by atoms with Crippen LogP contribution in [0.15, 0.2) is 0 Å². The average molecular weight is 245 g/mol. The molecule has 1 N–H and O–H groups in total. The Hall–Kier alpha value is -0.610. The molecular formula is C13H27NO3. The van der Waals surface area contributed by atoms with Gasteiger partial charge >= 0.3 is 5.97 Å². The van der Waals surface area contributed by atoms with E-state index in [0.717, 1.165) is 52.0 Å². The zero-order valence-electron chi connectivity index (χ0n) is 11.3. The first kappa shape index (κ1) is 16.4. The molecule has 0 spiro atoms. The summed E-state index contributed by atoms with van der Waals surface area (Å²) < 4.78 is 10.3. The third-order valence-corrected chi connectivity index (χ3v) is 2.32. The SMILES string of the molecule is CCCNCCOCCCCCC(=O)OCC. The number of rotatable bonds is 12. The molecule has 0 heterocycles. The van der Waals surface area contributed by atoms with Crippen LogP contribution in [0.4, 0.5) is 0 Å². The number of carbonyl (C=O) groups is 1. The molecular weight excluding hydrogens is 218 g/mol. The second kappa shape index (κ2) is 13.5. The Morgan fingerprint density at radius 3 is 2.59 bits per heavy atom. The van der Waals surface area contributed by atoms with E-state index in [2.05, 4.69) is 12.2 Å². The van der Waals surface area contributed by atoms with E-state index in [4.69, 9.17) is 9.47 Å². The zero-order chi connectivity index (χ0) is 12.8. The van der Waals surface area contributed by atoms with Gasteiger partial charge in [0.05, 0.1) is 13.2 Å². The largest absolute Gasteiger partial charge is 0.466 e. The van der Waals surface area contributed by atoms with Crippen molar-refractivity contribution in [2.75, 3.05) is 32.9 Å². The van der Waals surface area contributed by atoms with E-state index in [0.29, 0.717) is 13.0 Å². The van der Waals surface area contributed by atoms with E-state index < -0.39 is 0 Å². The van der Waals surface area contributed by atoms with E-state index >= 15 is 0 Å². The lowest BCUT2D eigenvalue weighted by molar-refractivity contribution is -0.143. The summed E-state index contributed by atoms with van der Waals surface area (Å²) in [6, 6.07) is 0. The van der Waals surface area contributed by atoms with Gasteiger partial charge in [0.1, 0.15) is 0 Å². The molecule has 0 aromatic carbocycles. The van der Waals surface area contributed by atoms with Crippen molar-refractivity contribution in [1.29, 1.82) is 0 Å². The summed E-state index contributed by atoms with van der Waals surface area (Å²) >= 11 is 0. The molecule has 4 heteroatoms. The van der Waals surface area contributed by atoms with Crippen LogP contribution >= 0.6 is 0 Å². The molecule has 0 rings (SSSR count). The van der Waals surface area contributed by atoms with Gasteiger partial charge in [-0.05, 0) is 32.7 Å². The van der Waals surface area contributed by atoms with Gasteiger partial charge in [0.2, 0.25) is 0 Å². The van der Waals surface area contributed by atoms with E-state index in [1.54, 1.807) is 0 Å². The molecule has 0 aliphatic carbocycles. The summed E-state index contributed by atoms with van der Waals surface area (Å²) in [7, 11) is 0. The highest BCUT2D eigenvalue weighted by molar-refractivity contribution is 5.69. The van der Waals surface area contributed by atoms with Gasteiger partial charge in [-0.1, -0.05) is 13.3 Å². The van der Waals surface area contributed by atoms with Crippen molar-refractivity contribution in [1.82, 2.24) is 5.32 Å². The molecule has 4 nitrogen and oxygen atoms in total. The molecule has 0 bridgehead atoms. The fourth-order valence-electron chi connectivity index (χ4n) is 1.43. The van der Waals surface area contributed by atoms with Crippen LogP contribution in [0.3, 0.4) is 0 Å². The summed E-state index contributed by atoms with van der Waals surface area (Å²) in [5, 5.41) is 3.28. The number of esters is 1. The molecule has 0 saturated carbocycles. The van der Waals surface area contributed by atoms with Crippen LogP contribution in [0.5, 0.6) is 0 Å². The minimum absolute atomic E-state index is 0.0859. The first-order valence-corrected chi connectivity index (χ1v) is 6.75. The van der Waals surface area contributed by atoms with Gasteiger partial charge in [0, 0.05) is 19.6 Å². The van der Waals surface area contributed by atoms with Crippen LogP contribution in [0.2, 0.25) is 0 Å². The van der Waals surface area contributed by atoms with Gasteiger partial charge in [-0.25, -0.2) is 0 Å². The quantitative estimate of drug-likeness (QED) is 0.422. The minimum Gasteiger partial charge on any atom is -0.466 e. The molecule has 0 fully saturated rings. The van der Waals surface area contributed by atoms with Gasteiger partial charge in [-0.15, -0.1) is 0 Å². The van der Waals surface area contributed by atoms with Crippen molar-refractivity contribution in [3.05, 3.63) is 0 Å². The van der Waals surface area contributed by atoms with Crippen LogP contribution in [-0.4, -0.2) is 38.9 Å². The van der Waals surface area contributed by atoms with E-state index in [9.17, 15) is 4.79 Å². The molecule has 0 atom stereocenters. The standard InChI is InChI=1S/C13H27NO3/c1-3-9-14-10-12-16-11-7-5-6-8-13(15)17-4-2/h14H,3-12H2,1-2H3. The lowest BCUT2D eigenvalue weighted by Gasteiger charge is -2.05. The Morgan fingerprint density at radius 1 is 1.06 bits per heavy atom. The topological polar surface area (TPSA) is 47.6 Å². The lowest BCUT2D eigenvalue weighted by atomic mass is 10.2. The van der Waals surface area contributed by atoms with Gasteiger partial charge in [-0.3, -0.25) is 4.79 Å². The Kier molecular flexibility index (Phi) is 13.0. The molecule has 0 aromatic rings. The van der Waals surface area contributed by atoms with Crippen LogP contribution in [-0.2, 0) is 14.3 Å². The molecule has 0 radical (unpaired) electrons. The Morgan fingerprint density at radius 2 is 1.88 bits per heavy atom. The predicted octanol–water partition coefficient (Wildman–Crippen LogP) is 2.13. The van der Waals surface area contributed by atoms with E-state index in [1.165, 1.54) is 0 Å². The maximum Gasteiger partial charge on any atom is 0.305 e. The smallest absolute Gasteiger partial charge is 0.305 e. The molecule has 0 unspecified atom stereocenters. The predicted molar refractivity (Wildman–Crippen MR) is 69.1 cm³/mol. The maximum absolute atomic E-state index is 11.0. The van der Waals surface area contributed by atoms with E-state index in [-0.39, 0.29) is 5.97 Å². The Balaban J connectivity index is 3.01. The highest BCUT2D eigenvalue weighted by Gasteiger charge is 2.00. The first-order chi connectivity index (χ1) is 8.31. The first-order valence-electron chi connectivity index (χ1n) is 6.75. The molecule has 0 amide bonds. The Labute approximate surface area is 105 Å². The van der Waals surface area contributed by atoms with Crippen molar-refractivity contribution >= 4 is 5.97 Å². The van der Waals surface area contributed by atoms with Gasteiger partial charge in [-0.2, -0.15) is 0 Å². The normalized spacial score (nSPS) is 10.5. The van der Waals surface area contributed by atoms with Gasteiger partial charge in [0.25, 0.3) is 0 Å². The zero-order valence-corrected chi connectivity index (χ0v) is 11.3. The van der Waals surface area contributed by atoms with Crippen molar-refractivity contribution < 1.29 is 14.3 Å². The summed E-state index contributed by atoms with van der Waals surface area (Å²) in [6.07, 6.45) is 4.64. The number of ether oxygens (including phenoxy) is 2. The van der Waals surface area contributed by atoms with Crippen molar-refractivity contribution in [2.24, 2.45) is 0 Å². The summed E-state index contributed by atoms with van der Waals surface area (Å²) in [4.78, 5) is 11.0. The van der Waals surface area contributed by atoms with Crippen molar-refractivity contribution in [3.63, 3.8) is 0 Å². The number of nitrogens with one attached hydrogen (secondary N) is 1. The van der Waals surface area contributed by atoms with E-state index in [1.807, 2.05) is 6.92 Å². The molecule has 0 aromatic heterocycles. The van der Waals surface area contributed by atoms with Gasteiger partial charge < -0.3 is 14.8 Å². The molecule has 0 aliphatic heterocycles. The second-order valence-electron chi connectivity index (χ2n) is 3.98. The van der Waals surface area contributed by atoms with Crippen molar-refractivity contribution in [3.8, 4) is 0 Å². The summed E-state index contributed by atoms with van der Waals surface area (Å²) in [5.74, 6) is -0.0859. The average Bonchev–Trinajstić information content (AvgIpc) is 2.32. The number of unbranched alkanes of at least 4 members (excludes halogenated alkanes) is 2. The summed E-state index contributed by atoms with van der Waals surface area (Å²) in [6.45, 7) is 8.01. The second-order valence-corrected chi connectivity index (χ2v) is 3.98. The van der Waals surface area contributed by atoms with Crippen LogP contribution in [0.25, 0.3) is 0 Å². The molecule has 102 valence electrons. The molecule has 0 saturated heterocycles. The number of carbonyl (C=O) groups excluding carboxylic acids is 1. The number of hydrogen-bond donors (Lipinski definition) is 1. The van der Waals surface area contributed by atoms with Gasteiger partial charge in [0.15, 0.2) is 0 Å². The van der Waals surface area contributed by atoms with Crippen molar-refractivity contribution in [2.45, 2.75) is 46.0 Å². The van der Waals surface area contributed by atoms with Crippen LogP contribution in [0.1, 0.15) is 46.0 Å². The number of hydrogen-bond acceptors (Lipinski definition) is 4. The van der Waals surface area contributed by atoms with Crippen LogP contribution < -0.4 is 5.32 Å². The summed E-state index contributed by atoms with van der Waals surface area (Å²) in [5.41, 5.74) is 0. The lowest BCUT2D eigenvalue weighted by Crippen LogP contribution is -2.20. The fraction of sp³-hybridized carbons (Fsp3) is 0.923. The van der Waals surface area contributed by atoms with Crippen LogP contribution in [0, 0.1) is 0 Å². The maximum atomic E-state index is 11.0. The third kappa shape index (κ3) is 13.3.